The topological polar surface area (TPSA) is 22.8 Å². The fourth-order valence-corrected chi connectivity index (χ4v) is 5.90. The zero-order valence-electron chi connectivity index (χ0n) is 20.6. The molecular formula is C35H23N3. The summed E-state index contributed by atoms with van der Waals surface area (Å²) >= 11 is 0. The summed E-state index contributed by atoms with van der Waals surface area (Å²) in [6.45, 7) is 0. The normalized spacial score (nSPS) is 11.7. The Balaban J connectivity index is 1.50. The van der Waals surface area contributed by atoms with Crippen LogP contribution in [0.4, 0.5) is 0 Å². The van der Waals surface area contributed by atoms with Crippen molar-refractivity contribution < 1.29 is 0 Å². The van der Waals surface area contributed by atoms with Gasteiger partial charge in [0.15, 0.2) is 0 Å². The maximum atomic E-state index is 4.73. The summed E-state index contributed by atoms with van der Waals surface area (Å²) in [6.07, 6.45) is 1.86. The van der Waals surface area contributed by atoms with Crippen molar-refractivity contribution >= 4 is 43.6 Å². The van der Waals surface area contributed by atoms with E-state index in [1.807, 2.05) is 18.3 Å². The van der Waals surface area contributed by atoms with Crippen molar-refractivity contribution in [2.45, 2.75) is 0 Å². The van der Waals surface area contributed by atoms with Gasteiger partial charge in [-0.25, -0.2) is 4.98 Å². The van der Waals surface area contributed by atoms with Crippen LogP contribution in [0.3, 0.4) is 0 Å². The van der Waals surface area contributed by atoms with E-state index in [0.717, 1.165) is 22.5 Å². The van der Waals surface area contributed by atoms with Crippen LogP contribution in [0.25, 0.3) is 66.2 Å². The quantitative estimate of drug-likeness (QED) is 0.245. The number of rotatable bonds is 3. The molecule has 0 amide bonds. The smallest absolute Gasteiger partial charge is 0.137 e. The molecule has 3 aromatic heterocycles. The SMILES string of the molecule is c1ccc(-c2cccc(-n3c4ccccc4c4cc5c6ccccc6n(-c6ccccn6)c5cc43)c2)cc1. The number of nitrogens with zero attached hydrogens (tertiary/aromatic N) is 3. The highest BCUT2D eigenvalue weighted by molar-refractivity contribution is 6.19. The molecule has 38 heavy (non-hydrogen) atoms. The van der Waals surface area contributed by atoms with Gasteiger partial charge in [0.05, 0.1) is 22.1 Å². The predicted molar refractivity (Wildman–Crippen MR) is 158 cm³/mol. The standard InChI is InChI=1S/C35H23N3/c1-2-11-24(12-3-1)25-13-10-14-26(21-25)37-31-17-6-4-15-27(31)29-22-30-28-16-5-7-18-32(28)38(34(30)23-33(29)37)35-19-8-9-20-36-35/h1-23H. The molecular weight excluding hydrogens is 462 g/mol. The van der Waals surface area contributed by atoms with E-state index in [9.17, 15) is 0 Å². The lowest BCUT2D eigenvalue weighted by Gasteiger charge is -2.11. The van der Waals surface area contributed by atoms with Gasteiger partial charge >= 0.3 is 0 Å². The molecule has 0 radical (unpaired) electrons. The molecule has 3 heterocycles. The highest BCUT2D eigenvalue weighted by Crippen LogP contribution is 2.39. The zero-order valence-corrected chi connectivity index (χ0v) is 20.6. The van der Waals surface area contributed by atoms with E-state index >= 15 is 0 Å². The van der Waals surface area contributed by atoms with Crippen LogP contribution in [0.5, 0.6) is 0 Å². The second-order valence-electron chi connectivity index (χ2n) is 9.70. The van der Waals surface area contributed by atoms with E-state index in [4.69, 9.17) is 4.98 Å². The zero-order chi connectivity index (χ0) is 25.1. The van der Waals surface area contributed by atoms with Crippen LogP contribution in [0.1, 0.15) is 0 Å². The maximum absolute atomic E-state index is 4.73. The average Bonchev–Trinajstić information content (AvgIpc) is 3.49. The third kappa shape index (κ3) is 3.06. The number of para-hydroxylation sites is 2. The Bertz CT molecular complexity index is 2120. The van der Waals surface area contributed by atoms with Gasteiger partial charge in [0.1, 0.15) is 5.82 Å². The first-order valence-electron chi connectivity index (χ1n) is 12.9. The summed E-state index contributed by atoms with van der Waals surface area (Å²) in [5, 5.41) is 4.98. The third-order valence-corrected chi connectivity index (χ3v) is 7.56. The first kappa shape index (κ1) is 21.0. The van der Waals surface area contributed by atoms with Crippen molar-refractivity contribution in [2.24, 2.45) is 0 Å². The summed E-state index contributed by atoms with van der Waals surface area (Å²) < 4.78 is 4.68. The van der Waals surface area contributed by atoms with Crippen molar-refractivity contribution in [3.63, 3.8) is 0 Å². The largest absolute Gasteiger partial charge is 0.309 e. The van der Waals surface area contributed by atoms with Crippen molar-refractivity contribution in [3.8, 4) is 22.6 Å². The average molecular weight is 486 g/mol. The van der Waals surface area contributed by atoms with Crippen molar-refractivity contribution in [3.05, 3.63) is 140 Å². The molecule has 0 saturated carbocycles. The number of pyridine rings is 1. The molecule has 0 aliphatic rings. The van der Waals surface area contributed by atoms with Crippen molar-refractivity contribution in [1.29, 1.82) is 0 Å². The fourth-order valence-electron chi connectivity index (χ4n) is 5.90. The Morgan fingerprint density at radius 3 is 1.76 bits per heavy atom. The minimum Gasteiger partial charge on any atom is -0.309 e. The number of hydrogen-bond donors (Lipinski definition) is 0. The molecule has 0 N–H and O–H groups in total. The molecule has 0 bridgehead atoms. The molecule has 8 rings (SSSR count). The molecule has 0 spiro atoms. The van der Waals surface area contributed by atoms with Crippen LogP contribution < -0.4 is 0 Å². The molecule has 0 unspecified atom stereocenters. The fraction of sp³-hybridized carbons (Fsp3) is 0. The Morgan fingerprint density at radius 1 is 0.395 bits per heavy atom. The van der Waals surface area contributed by atoms with E-state index in [-0.39, 0.29) is 0 Å². The van der Waals surface area contributed by atoms with E-state index in [0.29, 0.717) is 0 Å². The Kier molecular flexibility index (Phi) is 4.52. The number of fused-ring (bicyclic) bond motifs is 6. The second kappa shape index (κ2) is 8.19. The summed E-state index contributed by atoms with van der Waals surface area (Å²) in [5.74, 6) is 0.923. The molecule has 3 heteroatoms. The number of hydrogen-bond acceptors (Lipinski definition) is 1. The summed E-state index contributed by atoms with van der Waals surface area (Å²) in [6, 6.07) is 47.6. The van der Waals surface area contributed by atoms with E-state index in [1.165, 1.54) is 43.7 Å². The van der Waals surface area contributed by atoms with Gasteiger partial charge in [-0.3, -0.25) is 4.57 Å². The van der Waals surface area contributed by atoms with Gasteiger partial charge in [-0.15, -0.1) is 0 Å². The Labute approximate surface area is 219 Å². The van der Waals surface area contributed by atoms with Gasteiger partial charge in [0.2, 0.25) is 0 Å². The molecule has 0 saturated heterocycles. The molecule has 0 fully saturated rings. The van der Waals surface area contributed by atoms with Gasteiger partial charge in [0.25, 0.3) is 0 Å². The number of benzene rings is 5. The molecule has 178 valence electrons. The maximum Gasteiger partial charge on any atom is 0.137 e. The molecule has 0 aliphatic carbocycles. The lowest BCUT2D eigenvalue weighted by atomic mass is 10.1. The van der Waals surface area contributed by atoms with E-state index < -0.39 is 0 Å². The van der Waals surface area contributed by atoms with Gasteiger partial charge in [-0.1, -0.05) is 84.9 Å². The lowest BCUT2D eigenvalue weighted by molar-refractivity contribution is 1.08. The highest BCUT2D eigenvalue weighted by atomic mass is 15.1. The summed E-state index contributed by atoms with van der Waals surface area (Å²) in [5.41, 5.74) is 8.28. The third-order valence-electron chi connectivity index (χ3n) is 7.56. The van der Waals surface area contributed by atoms with Crippen LogP contribution in [0, 0.1) is 0 Å². The van der Waals surface area contributed by atoms with Gasteiger partial charge in [0, 0.05) is 33.4 Å². The van der Waals surface area contributed by atoms with Crippen LogP contribution in [-0.2, 0) is 0 Å². The second-order valence-corrected chi connectivity index (χ2v) is 9.70. The van der Waals surface area contributed by atoms with Crippen LogP contribution in [0.2, 0.25) is 0 Å². The van der Waals surface area contributed by atoms with Crippen molar-refractivity contribution in [2.75, 3.05) is 0 Å². The minimum atomic E-state index is 0.923. The van der Waals surface area contributed by atoms with E-state index in [1.54, 1.807) is 0 Å². The summed E-state index contributed by atoms with van der Waals surface area (Å²) in [7, 11) is 0. The lowest BCUT2D eigenvalue weighted by Crippen LogP contribution is -1.97. The minimum absolute atomic E-state index is 0.923. The van der Waals surface area contributed by atoms with E-state index in [2.05, 4.69) is 130 Å². The Morgan fingerprint density at radius 2 is 1.03 bits per heavy atom. The van der Waals surface area contributed by atoms with Crippen LogP contribution >= 0.6 is 0 Å². The first-order chi connectivity index (χ1) is 18.9. The van der Waals surface area contributed by atoms with Crippen molar-refractivity contribution in [1.82, 2.24) is 14.1 Å². The van der Waals surface area contributed by atoms with Gasteiger partial charge in [-0.05, 0) is 59.7 Å². The molecule has 8 aromatic rings. The molecule has 3 nitrogen and oxygen atoms in total. The molecule has 0 atom stereocenters. The predicted octanol–water partition coefficient (Wildman–Crippen LogP) is 8.94. The van der Waals surface area contributed by atoms with Gasteiger partial charge < -0.3 is 4.57 Å². The molecule has 0 aliphatic heterocycles. The highest BCUT2D eigenvalue weighted by Gasteiger charge is 2.18. The monoisotopic (exact) mass is 485 g/mol. The Hall–Kier alpha value is -5.15. The van der Waals surface area contributed by atoms with Gasteiger partial charge in [-0.2, -0.15) is 0 Å². The first-order valence-corrected chi connectivity index (χ1v) is 12.9. The summed E-state index contributed by atoms with van der Waals surface area (Å²) in [4.78, 5) is 4.73. The molecule has 5 aromatic carbocycles. The van der Waals surface area contributed by atoms with Crippen LogP contribution in [0.15, 0.2) is 140 Å². The van der Waals surface area contributed by atoms with Crippen LogP contribution in [-0.4, -0.2) is 14.1 Å². The number of aromatic nitrogens is 3.